The van der Waals surface area contributed by atoms with Gasteiger partial charge in [0.1, 0.15) is 6.07 Å². The molecule has 4 nitrogen and oxygen atoms in total. The molecule has 0 aromatic heterocycles. The quantitative estimate of drug-likeness (QED) is 0.867. The van der Waals surface area contributed by atoms with E-state index in [1.807, 2.05) is 37.8 Å². The molecule has 1 atom stereocenters. The van der Waals surface area contributed by atoms with Crippen LogP contribution in [-0.2, 0) is 4.79 Å². The first kappa shape index (κ1) is 14.0. The minimum atomic E-state index is -0.827. The first-order chi connectivity index (χ1) is 8.49. The minimum absolute atomic E-state index is 0.0622. The summed E-state index contributed by atoms with van der Waals surface area (Å²) < 4.78 is 0. The standard InChI is InChI=1S/C14H18N2O2/c1-4-16(11(3)8-14(17)18)13-7-10(2)5-6-12(13)9-15/h5-7,11H,4,8H2,1-3H3,(H,17,18). The molecule has 0 aliphatic rings. The number of hydrogen-bond acceptors (Lipinski definition) is 3. The van der Waals surface area contributed by atoms with Crippen molar-refractivity contribution >= 4 is 11.7 Å². The molecule has 1 N–H and O–H groups in total. The maximum absolute atomic E-state index is 10.8. The predicted molar refractivity (Wildman–Crippen MR) is 70.6 cm³/mol. The second kappa shape index (κ2) is 6.06. The van der Waals surface area contributed by atoms with Crippen molar-refractivity contribution in [2.75, 3.05) is 11.4 Å². The number of aryl methyl sites for hydroxylation is 1. The second-order valence-corrected chi connectivity index (χ2v) is 4.37. The van der Waals surface area contributed by atoms with E-state index in [1.54, 1.807) is 6.07 Å². The molecule has 18 heavy (non-hydrogen) atoms. The maximum atomic E-state index is 10.8. The Labute approximate surface area is 107 Å². The van der Waals surface area contributed by atoms with E-state index in [-0.39, 0.29) is 12.5 Å². The zero-order chi connectivity index (χ0) is 13.7. The highest BCUT2D eigenvalue weighted by atomic mass is 16.4. The lowest BCUT2D eigenvalue weighted by Gasteiger charge is -2.30. The van der Waals surface area contributed by atoms with Gasteiger partial charge in [-0.25, -0.2) is 0 Å². The van der Waals surface area contributed by atoms with Crippen molar-refractivity contribution in [3.05, 3.63) is 29.3 Å². The van der Waals surface area contributed by atoms with Gasteiger partial charge >= 0.3 is 5.97 Å². The molecule has 0 spiro atoms. The molecule has 0 saturated heterocycles. The molecule has 96 valence electrons. The number of benzene rings is 1. The lowest BCUT2D eigenvalue weighted by Crippen LogP contribution is -2.35. The fourth-order valence-corrected chi connectivity index (χ4v) is 2.06. The van der Waals surface area contributed by atoms with E-state index in [2.05, 4.69) is 6.07 Å². The summed E-state index contributed by atoms with van der Waals surface area (Å²) >= 11 is 0. The van der Waals surface area contributed by atoms with Crippen molar-refractivity contribution in [2.45, 2.75) is 33.2 Å². The zero-order valence-electron chi connectivity index (χ0n) is 11.0. The molecule has 1 unspecified atom stereocenters. The number of rotatable bonds is 5. The summed E-state index contributed by atoms with van der Waals surface area (Å²) in [6, 6.07) is 7.62. The Hall–Kier alpha value is -2.02. The third-order valence-corrected chi connectivity index (χ3v) is 2.93. The van der Waals surface area contributed by atoms with Crippen LogP contribution in [0.2, 0.25) is 0 Å². The lowest BCUT2D eigenvalue weighted by atomic mass is 10.1. The summed E-state index contributed by atoms with van der Waals surface area (Å²) in [4.78, 5) is 12.7. The van der Waals surface area contributed by atoms with E-state index < -0.39 is 5.97 Å². The van der Waals surface area contributed by atoms with Crippen LogP contribution in [0.1, 0.15) is 31.4 Å². The van der Waals surface area contributed by atoms with Gasteiger partial charge in [0.2, 0.25) is 0 Å². The number of anilines is 1. The summed E-state index contributed by atoms with van der Waals surface area (Å²) in [6.07, 6.45) is 0.0622. The van der Waals surface area contributed by atoms with Gasteiger partial charge < -0.3 is 10.0 Å². The number of nitrogens with zero attached hydrogens (tertiary/aromatic N) is 2. The third kappa shape index (κ3) is 3.24. The first-order valence-corrected chi connectivity index (χ1v) is 5.98. The number of aliphatic carboxylic acids is 1. The lowest BCUT2D eigenvalue weighted by molar-refractivity contribution is -0.137. The van der Waals surface area contributed by atoms with Crippen molar-refractivity contribution in [3.63, 3.8) is 0 Å². The van der Waals surface area contributed by atoms with Crippen molar-refractivity contribution in [1.29, 1.82) is 5.26 Å². The van der Waals surface area contributed by atoms with E-state index >= 15 is 0 Å². The van der Waals surface area contributed by atoms with E-state index in [0.29, 0.717) is 12.1 Å². The van der Waals surface area contributed by atoms with E-state index in [1.165, 1.54) is 0 Å². The van der Waals surface area contributed by atoms with Crippen LogP contribution < -0.4 is 4.90 Å². The molecule has 0 bridgehead atoms. The highest BCUT2D eigenvalue weighted by Gasteiger charge is 2.18. The van der Waals surface area contributed by atoms with Crippen molar-refractivity contribution in [2.24, 2.45) is 0 Å². The van der Waals surface area contributed by atoms with Crippen LogP contribution in [0.25, 0.3) is 0 Å². The van der Waals surface area contributed by atoms with Crippen LogP contribution in [-0.4, -0.2) is 23.7 Å². The van der Waals surface area contributed by atoms with Crippen LogP contribution in [0.5, 0.6) is 0 Å². The van der Waals surface area contributed by atoms with Gasteiger partial charge in [-0.3, -0.25) is 4.79 Å². The molecule has 0 fully saturated rings. The maximum Gasteiger partial charge on any atom is 0.305 e. The zero-order valence-corrected chi connectivity index (χ0v) is 11.0. The molecule has 0 radical (unpaired) electrons. The van der Waals surface area contributed by atoms with Gasteiger partial charge in [-0.15, -0.1) is 0 Å². The summed E-state index contributed by atoms with van der Waals surface area (Å²) in [7, 11) is 0. The number of carboxylic acid groups (broad SMARTS) is 1. The first-order valence-electron chi connectivity index (χ1n) is 5.98. The monoisotopic (exact) mass is 246 g/mol. The topological polar surface area (TPSA) is 64.3 Å². The highest BCUT2D eigenvalue weighted by molar-refractivity contribution is 5.69. The summed E-state index contributed by atoms with van der Waals surface area (Å²) in [5.74, 6) is -0.827. The highest BCUT2D eigenvalue weighted by Crippen LogP contribution is 2.24. The number of carbonyl (C=O) groups is 1. The molecule has 0 aliphatic carbocycles. The summed E-state index contributed by atoms with van der Waals surface area (Å²) in [5, 5.41) is 18.0. The van der Waals surface area contributed by atoms with E-state index in [9.17, 15) is 4.79 Å². The predicted octanol–water partition coefficient (Wildman–Crippen LogP) is 2.56. The second-order valence-electron chi connectivity index (χ2n) is 4.37. The van der Waals surface area contributed by atoms with Gasteiger partial charge in [0.25, 0.3) is 0 Å². The molecule has 0 aliphatic heterocycles. The number of nitriles is 1. The molecular formula is C14H18N2O2. The Morgan fingerprint density at radius 1 is 1.56 bits per heavy atom. The molecule has 1 aromatic carbocycles. The van der Waals surface area contributed by atoms with Gasteiger partial charge in [0, 0.05) is 12.6 Å². The average Bonchev–Trinajstić information content (AvgIpc) is 2.29. The Balaban J connectivity index is 3.12. The van der Waals surface area contributed by atoms with Gasteiger partial charge in [-0.2, -0.15) is 5.26 Å². The van der Waals surface area contributed by atoms with Crippen LogP contribution in [0.15, 0.2) is 18.2 Å². The Morgan fingerprint density at radius 2 is 2.22 bits per heavy atom. The van der Waals surface area contributed by atoms with Crippen LogP contribution in [0.3, 0.4) is 0 Å². The molecule has 4 heteroatoms. The third-order valence-electron chi connectivity index (χ3n) is 2.93. The minimum Gasteiger partial charge on any atom is -0.481 e. The van der Waals surface area contributed by atoms with Gasteiger partial charge in [-0.1, -0.05) is 6.07 Å². The summed E-state index contributed by atoms with van der Waals surface area (Å²) in [5.41, 5.74) is 2.46. The number of hydrogen-bond donors (Lipinski definition) is 1. The van der Waals surface area contributed by atoms with Crippen LogP contribution in [0, 0.1) is 18.3 Å². The Bertz CT molecular complexity index is 477. The number of carboxylic acids is 1. The molecular weight excluding hydrogens is 228 g/mol. The van der Waals surface area contributed by atoms with E-state index in [4.69, 9.17) is 10.4 Å². The molecule has 0 heterocycles. The molecule has 0 saturated carbocycles. The van der Waals surface area contributed by atoms with Crippen molar-refractivity contribution in [1.82, 2.24) is 0 Å². The van der Waals surface area contributed by atoms with Gasteiger partial charge in [-0.05, 0) is 38.5 Å². The largest absolute Gasteiger partial charge is 0.481 e. The smallest absolute Gasteiger partial charge is 0.305 e. The van der Waals surface area contributed by atoms with Gasteiger partial charge in [0.05, 0.1) is 17.7 Å². The molecule has 0 amide bonds. The summed E-state index contributed by atoms with van der Waals surface area (Å²) in [6.45, 7) is 6.45. The average molecular weight is 246 g/mol. The van der Waals surface area contributed by atoms with E-state index in [0.717, 1.165) is 11.3 Å². The molecule has 1 aromatic rings. The molecule has 1 rings (SSSR count). The van der Waals surface area contributed by atoms with Crippen molar-refractivity contribution < 1.29 is 9.90 Å². The van der Waals surface area contributed by atoms with Crippen LogP contribution in [0.4, 0.5) is 5.69 Å². The Morgan fingerprint density at radius 3 is 2.72 bits per heavy atom. The normalized spacial score (nSPS) is 11.7. The van der Waals surface area contributed by atoms with Crippen molar-refractivity contribution in [3.8, 4) is 6.07 Å². The fourth-order valence-electron chi connectivity index (χ4n) is 2.06. The van der Waals surface area contributed by atoms with Gasteiger partial charge in [0.15, 0.2) is 0 Å². The van der Waals surface area contributed by atoms with Crippen LogP contribution >= 0.6 is 0 Å². The fraction of sp³-hybridized carbons (Fsp3) is 0.429. The Kier molecular flexibility index (Phi) is 4.73. The SMILES string of the molecule is CCN(c1cc(C)ccc1C#N)C(C)CC(=O)O.